The fourth-order valence-electron chi connectivity index (χ4n) is 4.21. The minimum absolute atomic E-state index is 0. The van der Waals surface area contributed by atoms with Crippen LogP contribution in [-0.2, 0) is 6.54 Å². The highest BCUT2D eigenvalue weighted by Crippen LogP contribution is 2.26. The number of fused-ring (bicyclic) bond motifs is 2. The molecule has 0 atom stereocenters. The first-order valence-corrected chi connectivity index (χ1v) is 10.3. The number of nitrogens with zero attached hydrogens (tertiary/aromatic N) is 2. The molecule has 168 valence electrons. The molecule has 1 aromatic heterocycles. The van der Waals surface area contributed by atoms with Crippen LogP contribution >= 0.6 is 24.8 Å². The molecule has 3 aromatic carbocycles. The van der Waals surface area contributed by atoms with Crippen LogP contribution in [0.2, 0.25) is 0 Å². The number of hydrogen-bond donors (Lipinski definition) is 0. The third-order valence-electron chi connectivity index (χ3n) is 5.87. The molecule has 1 saturated heterocycles. The van der Waals surface area contributed by atoms with Gasteiger partial charge in [0.15, 0.2) is 0 Å². The summed E-state index contributed by atoms with van der Waals surface area (Å²) in [6, 6.07) is 21.7. The third-order valence-corrected chi connectivity index (χ3v) is 5.87. The number of para-hydroxylation sites is 2. The lowest BCUT2D eigenvalue weighted by Crippen LogP contribution is -2.45. The number of ether oxygens (including phenoxy) is 1. The number of anilines is 1. The molecule has 1 fully saturated rings. The van der Waals surface area contributed by atoms with Gasteiger partial charge in [0.2, 0.25) is 5.43 Å². The highest BCUT2D eigenvalue weighted by Gasteiger charge is 2.19. The van der Waals surface area contributed by atoms with E-state index in [0.29, 0.717) is 27.7 Å². The van der Waals surface area contributed by atoms with E-state index in [2.05, 4.69) is 40.1 Å². The zero-order valence-corrected chi connectivity index (χ0v) is 19.5. The van der Waals surface area contributed by atoms with Crippen molar-refractivity contribution in [2.45, 2.75) is 6.54 Å². The van der Waals surface area contributed by atoms with Gasteiger partial charge in [0, 0.05) is 50.0 Å². The van der Waals surface area contributed by atoms with E-state index in [0.717, 1.165) is 38.3 Å². The van der Waals surface area contributed by atoms with Gasteiger partial charge in [0.25, 0.3) is 0 Å². The van der Waals surface area contributed by atoms with Gasteiger partial charge >= 0.3 is 0 Å². The summed E-state index contributed by atoms with van der Waals surface area (Å²) in [5.74, 6) is 0.680. The van der Waals surface area contributed by atoms with Crippen LogP contribution in [0.15, 0.2) is 75.9 Å². The number of benzene rings is 3. The lowest BCUT2D eigenvalue weighted by molar-refractivity contribution is 0.250. The van der Waals surface area contributed by atoms with Crippen molar-refractivity contribution in [1.29, 1.82) is 0 Å². The number of halogens is 2. The number of methoxy groups -OCH3 is 1. The summed E-state index contributed by atoms with van der Waals surface area (Å²) in [5.41, 5.74) is 3.56. The summed E-state index contributed by atoms with van der Waals surface area (Å²) < 4.78 is 11.5. The second kappa shape index (κ2) is 10.3. The minimum Gasteiger partial charge on any atom is -0.497 e. The van der Waals surface area contributed by atoms with Crippen molar-refractivity contribution in [2.24, 2.45) is 0 Å². The molecule has 0 saturated carbocycles. The highest BCUT2D eigenvalue weighted by atomic mass is 35.5. The van der Waals surface area contributed by atoms with Gasteiger partial charge in [-0.1, -0.05) is 30.3 Å². The number of hydrogen-bond acceptors (Lipinski definition) is 5. The van der Waals surface area contributed by atoms with Gasteiger partial charge in [-0.3, -0.25) is 9.69 Å². The fourth-order valence-corrected chi connectivity index (χ4v) is 4.21. The van der Waals surface area contributed by atoms with Crippen LogP contribution in [0.5, 0.6) is 5.75 Å². The van der Waals surface area contributed by atoms with E-state index >= 15 is 0 Å². The summed E-state index contributed by atoms with van der Waals surface area (Å²) in [7, 11) is 1.61. The molecule has 1 aliphatic heterocycles. The first kappa shape index (κ1) is 23.9. The maximum Gasteiger partial charge on any atom is 0.200 e. The summed E-state index contributed by atoms with van der Waals surface area (Å²) in [5, 5.41) is 1.21. The van der Waals surface area contributed by atoms with Crippen molar-refractivity contribution in [3.8, 4) is 5.75 Å². The van der Waals surface area contributed by atoms with E-state index in [1.807, 2.05) is 18.2 Å². The van der Waals surface area contributed by atoms with Crippen LogP contribution in [0.25, 0.3) is 21.9 Å². The molecule has 32 heavy (non-hydrogen) atoms. The smallest absolute Gasteiger partial charge is 0.200 e. The molecule has 5 nitrogen and oxygen atoms in total. The van der Waals surface area contributed by atoms with E-state index in [1.165, 1.54) is 5.69 Å². The SMILES string of the molecule is COc1ccc2c(=O)c3cccc(CN4CCN(c5ccccc5)CC4)c3oc2c1.Cl.Cl. The van der Waals surface area contributed by atoms with Crippen LogP contribution < -0.4 is 15.1 Å². The van der Waals surface area contributed by atoms with Crippen molar-refractivity contribution in [3.63, 3.8) is 0 Å². The van der Waals surface area contributed by atoms with E-state index in [-0.39, 0.29) is 30.2 Å². The molecular weight excluding hydrogens is 447 g/mol. The first-order chi connectivity index (χ1) is 14.7. The molecule has 0 amide bonds. The van der Waals surface area contributed by atoms with Gasteiger partial charge < -0.3 is 14.1 Å². The second-order valence-corrected chi connectivity index (χ2v) is 7.69. The maximum absolute atomic E-state index is 13.0. The summed E-state index contributed by atoms with van der Waals surface area (Å²) in [4.78, 5) is 17.8. The normalized spacial score (nSPS) is 14.1. The van der Waals surface area contributed by atoms with Crippen molar-refractivity contribution in [2.75, 3.05) is 38.2 Å². The molecule has 4 aromatic rings. The van der Waals surface area contributed by atoms with Crippen LogP contribution in [0.1, 0.15) is 5.56 Å². The van der Waals surface area contributed by atoms with Crippen LogP contribution in [0.3, 0.4) is 0 Å². The first-order valence-electron chi connectivity index (χ1n) is 10.3. The highest BCUT2D eigenvalue weighted by molar-refractivity contribution is 5.91. The van der Waals surface area contributed by atoms with Crippen LogP contribution in [0, 0.1) is 0 Å². The molecule has 0 N–H and O–H groups in total. The Balaban J connectivity index is 0.00000144. The fraction of sp³-hybridized carbons (Fsp3) is 0.240. The molecule has 0 unspecified atom stereocenters. The summed E-state index contributed by atoms with van der Waals surface area (Å²) >= 11 is 0. The van der Waals surface area contributed by atoms with E-state index < -0.39 is 0 Å². The predicted octanol–water partition coefficient (Wildman–Crippen LogP) is 5.12. The van der Waals surface area contributed by atoms with Gasteiger partial charge in [-0.05, 0) is 30.3 Å². The lowest BCUT2D eigenvalue weighted by atomic mass is 10.1. The van der Waals surface area contributed by atoms with Gasteiger partial charge in [0.05, 0.1) is 17.9 Å². The van der Waals surface area contributed by atoms with E-state index in [1.54, 1.807) is 25.3 Å². The molecule has 0 aliphatic carbocycles. The third kappa shape index (κ3) is 4.56. The molecule has 1 aliphatic rings. The summed E-state index contributed by atoms with van der Waals surface area (Å²) in [6.45, 7) is 4.67. The molecule has 2 heterocycles. The Hall–Kier alpha value is -2.73. The second-order valence-electron chi connectivity index (χ2n) is 7.69. The topological polar surface area (TPSA) is 45.9 Å². The Morgan fingerprint density at radius 3 is 2.34 bits per heavy atom. The average molecular weight is 473 g/mol. The largest absolute Gasteiger partial charge is 0.497 e. The summed E-state index contributed by atoms with van der Waals surface area (Å²) in [6.07, 6.45) is 0. The van der Waals surface area contributed by atoms with Crippen LogP contribution in [0.4, 0.5) is 5.69 Å². The zero-order chi connectivity index (χ0) is 20.5. The van der Waals surface area contributed by atoms with Crippen LogP contribution in [-0.4, -0.2) is 38.2 Å². The molecule has 5 rings (SSSR count). The quantitative estimate of drug-likeness (QED) is 0.385. The van der Waals surface area contributed by atoms with Crippen molar-refractivity contribution in [1.82, 2.24) is 4.90 Å². The van der Waals surface area contributed by atoms with Gasteiger partial charge in [-0.15, -0.1) is 24.8 Å². The molecule has 0 bridgehead atoms. The van der Waals surface area contributed by atoms with Crippen molar-refractivity contribution < 1.29 is 9.15 Å². The Labute approximate surface area is 199 Å². The van der Waals surface area contributed by atoms with Gasteiger partial charge in [0.1, 0.15) is 16.9 Å². The Bertz CT molecular complexity index is 1250. The molecular formula is C25H26Cl2N2O3. The monoisotopic (exact) mass is 472 g/mol. The maximum atomic E-state index is 13.0. The lowest BCUT2D eigenvalue weighted by Gasteiger charge is -2.36. The predicted molar refractivity (Wildman–Crippen MR) is 135 cm³/mol. The number of piperazine rings is 1. The van der Waals surface area contributed by atoms with Crippen molar-refractivity contribution in [3.05, 3.63) is 82.5 Å². The molecule has 0 radical (unpaired) electrons. The van der Waals surface area contributed by atoms with E-state index in [4.69, 9.17) is 9.15 Å². The van der Waals surface area contributed by atoms with E-state index in [9.17, 15) is 4.79 Å². The average Bonchev–Trinajstić information content (AvgIpc) is 2.80. The molecule has 0 spiro atoms. The number of rotatable bonds is 4. The van der Waals surface area contributed by atoms with Gasteiger partial charge in [-0.2, -0.15) is 0 Å². The Kier molecular flexibility index (Phi) is 7.67. The Morgan fingerprint density at radius 2 is 1.62 bits per heavy atom. The zero-order valence-electron chi connectivity index (χ0n) is 17.8. The standard InChI is InChI=1S/C25H24N2O3.2ClH/c1-29-20-10-11-21-23(16-20)30-25-18(6-5-9-22(25)24(21)28)17-26-12-14-27(15-13-26)19-7-3-2-4-8-19;;/h2-11,16H,12-15,17H2,1H3;2*1H. The minimum atomic E-state index is 0. The Morgan fingerprint density at radius 1 is 0.875 bits per heavy atom. The van der Waals surface area contributed by atoms with Crippen molar-refractivity contribution >= 4 is 52.4 Å². The van der Waals surface area contributed by atoms with Gasteiger partial charge in [-0.25, -0.2) is 0 Å². The molecule has 7 heteroatoms.